The second-order valence-corrected chi connectivity index (χ2v) is 19.2. The summed E-state index contributed by atoms with van der Waals surface area (Å²) in [5.74, 6) is -1.95. The first-order chi connectivity index (χ1) is 29.9. The van der Waals surface area contributed by atoms with Gasteiger partial charge in [0.2, 0.25) is 0 Å². The average Bonchev–Trinajstić information content (AvgIpc) is 3.91. The average molecular weight is 865 g/mol. The summed E-state index contributed by atoms with van der Waals surface area (Å²) in [7, 11) is -4.39. The number of carbonyl (C=O) groups is 1. The molecule has 2 atom stereocenters. The maximum absolute atomic E-state index is 15.2. The quantitative estimate of drug-likeness (QED) is 0.0938. The second kappa shape index (κ2) is 17.4. The van der Waals surface area contributed by atoms with Crippen LogP contribution in [-0.4, -0.2) is 67.7 Å². The maximum Gasteiger partial charge on any atom is 0.269 e. The molecule has 0 aliphatic rings. The van der Waals surface area contributed by atoms with Gasteiger partial charge >= 0.3 is 0 Å². The van der Waals surface area contributed by atoms with Crippen LogP contribution in [0.4, 0.5) is 11.4 Å². The van der Waals surface area contributed by atoms with Crippen LogP contribution in [0, 0.1) is 0 Å². The van der Waals surface area contributed by atoms with Crippen LogP contribution in [-0.2, 0) is 37.7 Å². The third-order valence-electron chi connectivity index (χ3n) is 11.7. The molecule has 4 aromatic carbocycles. The molecule has 62 heavy (non-hydrogen) atoms. The first kappa shape index (κ1) is 42.1. The zero-order valence-corrected chi connectivity index (χ0v) is 36.7. The van der Waals surface area contributed by atoms with Crippen molar-refractivity contribution in [1.29, 1.82) is 0 Å². The van der Waals surface area contributed by atoms with Crippen molar-refractivity contribution in [2.24, 2.45) is 0 Å². The summed E-state index contributed by atoms with van der Waals surface area (Å²) >= 11 is 0. The van der Waals surface area contributed by atoms with Gasteiger partial charge in [0.1, 0.15) is 5.78 Å². The molecule has 4 aromatic heterocycles. The highest BCUT2D eigenvalue weighted by Crippen LogP contribution is 2.41. The number of ketones is 1. The van der Waals surface area contributed by atoms with Gasteiger partial charge in [0, 0.05) is 86.0 Å². The van der Waals surface area contributed by atoms with Crippen LogP contribution in [0.3, 0.4) is 0 Å². The highest BCUT2D eigenvalue weighted by molar-refractivity contribution is 7.90. The van der Waals surface area contributed by atoms with Gasteiger partial charge in [0.05, 0.1) is 9.79 Å². The number of hydrogen-bond donors (Lipinski definition) is 0. The largest absolute Gasteiger partial charge is 0.374 e. The predicted molar refractivity (Wildman–Crippen MR) is 246 cm³/mol. The SMILES string of the molecule is CC(C(=O)C(C)c1cn(S(=O)(=O)c2ccccc2)c2nccc(N(C)CCc3ccccc3)c12)c1cn(S(=O)(=O)c2ccccc2)c2nccc(N(C)CCc3ccccc3)c12. The van der Waals surface area contributed by atoms with E-state index in [0.29, 0.717) is 35.0 Å². The van der Waals surface area contributed by atoms with Crippen molar-refractivity contribution in [3.05, 3.63) is 181 Å². The van der Waals surface area contributed by atoms with E-state index in [1.807, 2.05) is 62.6 Å². The lowest BCUT2D eigenvalue weighted by molar-refractivity contribution is -0.121. The lowest BCUT2D eigenvalue weighted by Crippen LogP contribution is -2.22. The summed E-state index contributed by atoms with van der Waals surface area (Å²) in [5, 5.41) is 1.10. The van der Waals surface area contributed by atoms with Crippen LogP contribution in [0.5, 0.6) is 0 Å². The summed E-state index contributed by atoms with van der Waals surface area (Å²) in [6.45, 7) is 4.78. The van der Waals surface area contributed by atoms with Crippen LogP contribution in [0.2, 0.25) is 0 Å². The Morgan fingerprint density at radius 2 is 0.871 bits per heavy atom. The van der Waals surface area contributed by atoms with E-state index in [4.69, 9.17) is 0 Å². The lowest BCUT2D eigenvalue weighted by Gasteiger charge is -2.23. The number of Topliss-reactive ketones (excluding diaryl/α,β-unsaturated/α-hetero) is 1. The molecular weight excluding hydrogens is 817 g/mol. The van der Waals surface area contributed by atoms with E-state index >= 15 is 4.79 Å². The zero-order valence-electron chi connectivity index (χ0n) is 35.0. The highest BCUT2D eigenvalue weighted by Gasteiger charge is 2.34. The van der Waals surface area contributed by atoms with E-state index in [1.165, 1.54) is 44.6 Å². The molecule has 11 nitrogen and oxygen atoms in total. The fourth-order valence-electron chi connectivity index (χ4n) is 8.15. The van der Waals surface area contributed by atoms with Gasteiger partial charge in [-0.2, -0.15) is 0 Å². The number of nitrogens with zero attached hydrogens (tertiary/aromatic N) is 6. The molecule has 0 amide bonds. The summed E-state index contributed by atoms with van der Waals surface area (Å²) < 4.78 is 59.8. The van der Waals surface area contributed by atoms with Crippen molar-refractivity contribution in [2.75, 3.05) is 37.0 Å². The van der Waals surface area contributed by atoms with Crippen LogP contribution in [0.1, 0.15) is 47.9 Å². The smallest absolute Gasteiger partial charge is 0.269 e. The number of aromatic nitrogens is 4. The van der Waals surface area contributed by atoms with Crippen molar-refractivity contribution in [2.45, 2.75) is 48.3 Å². The van der Waals surface area contributed by atoms with E-state index in [9.17, 15) is 16.8 Å². The van der Waals surface area contributed by atoms with Crippen molar-refractivity contribution in [1.82, 2.24) is 17.9 Å². The first-order valence-corrected chi connectivity index (χ1v) is 23.4. The number of anilines is 2. The van der Waals surface area contributed by atoms with Gasteiger partial charge in [0.15, 0.2) is 11.3 Å². The molecular formula is C49H48N6O5S2. The number of fused-ring (bicyclic) bond motifs is 2. The van der Waals surface area contributed by atoms with Gasteiger partial charge in [-0.25, -0.2) is 34.7 Å². The molecule has 0 aliphatic carbocycles. The van der Waals surface area contributed by atoms with E-state index in [-0.39, 0.29) is 26.9 Å². The minimum Gasteiger partial charge on any atom is -0.374 e. The standard InChI is InChI=1S/C49H48N6O5S2/c1-35(41-33-54(61(57,58)39-21-13-7-14-22-39)48-45(41)43(25-29-50-48)52(3)31-27-37-17-9-5-10-18-37)47(56)36(2)42-34-55(62(59,60)40-23-15-8-16-24-40)49-46(42)44(26-30-51-49)53(4)32-28-38-19-11-6-12-20-38/h5-26,29-30,33-36H,27-28,31-32H2,1-4H3. The molecule has 13 heteroatoms. The highest BCUT2D eigenvalue weighted by atomic mass is 32.2. The summed E-state index contributed by atoms with van der Waals surface area (Å²) in [5.41, 5.74) is 5.16. The van der Waals surface area contributed by atoms with Crippen molar-refractivity contribution >= 4 is 59.3 Å². The summed E-state index contributed by atoms with van der Waals surface area (Å²) in [6, 6.07) is 40.2. The Morgan fingerprint density at radius 3 is 1.23 bits per heavy atom. The maximum atomic E-state index is 15.2. The number of pyridine rings is 2. The van der Waals surface area contributed by atoms with Crippen molar-refractivity contribution < 1.29 is 21.6 Å². The van der Waals surface area contributed by atoms with E-state index in [0.717, 1.165) is 35.3 Å². The number of benzene rings is 4. The molecule has 316 valence electrons. The fourth-order valence-corrected chi connectivity index (χ4v) is 10.8. The Bertz CT molecular complexity index is 2880. The molecule has 2 unspecified atom stereocenters. The Hall–Kier alpha value is -6.57. The minimum atomic E-state index is -4.14. The Balaban J connectivity index is 1.25. The Morgan fingerprint density at radius 1 is 0.532 bits per heavy atom. The summed E-state index contributed by atoms with van der Waals surface area (Å²) in [4.78, 5) is 28.7. The number of likely N-dealkylation sites (N-methyl/N-ethyl adjacent to an activating group) is 2. The summed E-state index contributed by atoms with van der Waals surface area (Å²) in [6.07, 6.45) is 7.71. The Labute approximate surface area is 363 Å². The van der Waals surface area contributed by atoms with Crippen molar-refractivity contribution in [3.8, 4) is 0 Å². The molecule has 0 radical (unpaired) electrons. The monoisotopic (exact) mass is 864 g/mol. The van der Waals surface area contributed by atoms with Gasteiger partial charge in [-0.05, 0) is 71.5 Å². The Kier molecular flexibility index (Phi) is 11.8. The topological polar surface area (TPSA) is 127 Å². The molecule has 0 fully saturated rings. The molecule has 0 saturated carbocycles. The van der Waals surface area contributed by atoms with Crippen LogP contribution in [0.25, 0.3) is 22.1 Å². The molecule has 0 aliphatic heterocycles. The number of hydrogen-bond acceptors (Lipinski definition) is 9. The van der Waals surface area contributed by atoms with Crippen LogP contribution in [0.15, 0.2) is 168 Å². The predicted octanol–water partition coefficient (Wildman–Crippen LogP) is 8.69. The van der Waals surface area contributed by atoms with Crippen LogP contribution >= 0.6 is 0 Å². The van der Waals surface area contributed by atoms with Gasteiger partial charge in [-0.15, -0.1) is 0 Å². The van der Waals surface area contributed by atoms with E-state index < -0.39 is 31.9 Å². The number of rotatable bonds is 16. The zero-order chi connectivity index (χ0) is 43.6. The fraction of sp³-hybridized carbons (Fsp3) is 0.204. The van der Waals surface area contributed by atoms with E-state index in [2.05, 4.69) is 44.0 Å². The van der Waals surface area contributed by atoms with E-state index in [1.54, 1.807) is 62.6 Å². The molecule has 0 saturated heterocycles. The number of carbonyl (C=O) groups excluding carboxylic acids is 1. The molecule has 0 bridgehead atoms. The van der Waals surface area contributed by atoms with Gasteiger partial charge in [-0.1, -0.05) is 111 Å². The van der Waals surface area contributed by atoms with Gasteiger partial charge < -0.3 is 9.80 Å². The molecule has 8 rings (SSSR count). The third kappa shape index (κ3) is 8.01. The van der Waals surface area contributed by atoms with Gasteiger partial charge in [-0.3, -0.25) is 4.79 Å². The van der Waals surface area contributed by atoms with Crippen molar-refractivity contribution in [3.63, 3.8) is 0 Å². The second-order valence-electron chi connectivity index (χ2n) is 15.6. The first-order valence-electron chi connectivity index (χ1n) is 20.5. The van der Waals surface area contributed by atoms with Crippen LogP contribution < -0.4 is 9.80 Å². The molecule has 0 N–H and O–H groups in total. The lowest BCUT2D eigenvalue weighted by atomic mass is 9.85. The third-order valence-corrected chi connectivity index (χ3v) is 15.0. The minimum absolute atomic E-state index is 0.0873. The van der Waals surface area contributed by atoms with Gasteiger partial charge in [0.25, 0.3) is 20.0 Å². The normalized spacial score (nSPS) is 13.0. The molecule has 8 aromatic rings. The molecule has 4 heterocycles. The molecule has 0 spiro atoms.